The summed E-state index contributed by atoms with van der Waals surface area (Å²) in [6, 6.07) is 10.2. The van der Waals surface area contributed by atoms with E-state index in [1.807, 2.05) is 49.9 Å². The van der Waals surface area contributed by atoms with Gasteiger partial charge in [-0.15, -0.1) is 0 Å². The number of carbonyl (C=O) groups is 1. The van der Waals surface area contributed by atoms with E-state index in [1.54, 1.807) is 6.20 Å². The molecule has 170 valence electrons. The molecule has 2 bridgehead atoms. The van der Waals surface area contributed by atoms with Gasteiger partial charge in [0, 0.05) is 19.3 Å². The fraction of sp³-hybridized carbons (Fsp3) is 0.391. The third-order valence-corrected chi connectivity index (χ3v) is 6.06. The molecule has 2 saturated heterocycles. The summed E-state index contributed by atoms with van der Waals surface area (Å²) in [7, 11) is 0. The average Bonchev–Trinajstić information content (AvgIpc) is 3.37. The summed E-state index contributed by atoms with van der Waals surface area (Å²) in [6.07, 6.45) is 0.0183. The van der Waals surface area contributed by atoms with Gasteiger partial charge in [-0.25, -0.2) is 9.97 Å². The number of carbonyl (C=O) groups excluding carboxylic acids is 1. The lowest BCUT2D eigenvalue weighted by molar-refractivity contribution is -0.130. The summed E-state index contributed by atoms with van der Waals surface area (Å²) in [5.74, 6) is 0.390. The van der Waals surface area contributed by atoms with Crippen molar-refractivity contribution in [3.05, 3.63) is 47.5 Å². The highest BCUT2D eigenvalue weighted by atomic mass is 16.7. The van der Waals surface area contributed by atoms with Gasteiger partial charge in [0.1, 0.15) is 23.6 Å². The number of morpholine rings is 1. The molecule has 0 radical (unpaired) electrons. The van der Waals surface area contributed by atoms with Crippen LogP contribution in [0.1, 0.15) is 25.1 Å². The minimum absolute atomic E-state index is 0.00985. The molecule has 2 fully saturated rings. The number of anilines is 3. The van der Waals surface area contributed by atoms with E-state index < -0.39 is 12.4 Å². The highest BCUT2D eigenvalue weighted by molar-refractivity contribution is 5.94. The number of rotatable bonds is 4. The molecule has 1 aromatic heterocycles. The summed E-state index contributed by atoms with van der Waals surface area (Å²) in [5, 5.41) is 19.4. The lowest BCUT2D eigenvalue weighted by Gasteiger charge is -2.25. The summed E-state index contributed by atoms with van der Waals surface area (Å²) in [5.41, 5.74) is 3.47. The molecule has 4 atom stereocenters. The van der Waals surface area contributed by atoms with Crippen LogP contribution in [0.2, 0.25) is 0 Å². The number of hydrogen-bond acceptors (Lipinski definition) is 9. The Morgan fingerprint density at radius 1 is 1.36 bits per heavy atom. The van der Waals surface area contributed by atoms with Gasteiger partial charge in [-0.05, 0) is 38.5 Å². The first kappa shape index (κ1) is 21.3. The van der Waals surface area contributed by atoms with Crippen molar-refractivity contribution in [3.8, 4) is 6.07 Å². The Morgan fingerprint density at radius 2 is 2.18 bits per heavy atom. The zero-order valence-electron chi connectivity index (χ0n) is 18.6. The predicted octanol–water partition coefficient (Wildman–Crippen LogP) is 1.97. The number of nitrogens with zero attached hydrogens (tertiary/aromatic N) is 4. The SMILES string of the molecule is CCN1C(=C(C#N)c2nc(NC(=O)[C@@H]3O[C@@H]4O[C@H]3CN[C@@H]4C)ncc2C)Nc2ccccc21. The van der Waals surface area contributed by atoms with E-state index in [-0.39, 0.29) is 24.0 Å². The van der Waals surface area contributed by atoms with Crippen LogP contribution >= 0.6 is 0 Å². The third-order valence-electron chi connectivity index (χ3n) is 6.06. The number of nitriles is 1. The Hall–Kier alpha value is -3.52. The molecular weight excluding hydrogens is 422 g/mol. The minimum atomic E-state index is -0.754. The molecule has 1 amide bonds. The molecule has 0 saturated carbocycles. The summed E-state index contributed by atoms with van der Waals surface area (Å²) in [6.45, 7) is 7.00. The monoisotopic (exact) mass is 447 g/mol. The Bertz CT molecular complexity index is 1170. The van der Waals surface area contributed by atoms with Crippen molar-refractivity contribution in [2.75, 3.05) is 28.6 Å². The van der Waals surface area contributed by atoms with Crippen molar-refractivity contribution >= 4 is 28.8 Å². The van der Waals surface area contributed by atoms with Gasteiger partial charge in [0.05, 0.1) is 23.1 Å². The number of hydrogen-bond donors (Lipinski definition) is 3. The first-order valence-electron chi connectivity index (χ1n) is 11.0. The van der Waals surface area contributed by atoms with Gasteiger partial charge < -0.3 is 25.0 Å². The van der Waals surface area contributed by atoms with Gasteiger partial charge in [0.25, 0.3) is 5.91 Å². The van der Waals surface area contributed by atoms with E-state index in [0.717, 1.165) is 16.9 Å². The molecule has 10 heteroatoms. The van der Waals surface area contributed by atoms with E-state index >= 15 is 0 Å². The van der Waals surface area contributed by atoms with Crippen LogP contribution in [-0.4, -0.2) is 53.5 Å². The highest BCUT2D eigenvalue weighted by Crippen LogP contribution is 2.39. The number of allylic oxidation sites excluding steroid dienone is 1. The average molecular weight is 447 g/mol. The molecule has 1 aromatic carbocycles. The Kier molecular flexibility index (Phi) is 5.46. The lowest BCUT2D eigenvalue weighted by atomic mass is 10.1. The predicted molar refractivity (Wildman–Crippen MR) is 122 cm³/mol. The molecule has 10 nitrogen and oxygen atoms in total. The first-order chi connectivity index (χ1) is 16.0. The van der Waals surface area contributed by atoms with E-state index in [2.05, 4.69) is 32.0 Å². The van der Waals surface area contributed by atoms with Crippen LogP contribution < -0.4 is 20.9 Å². The summed E-state index contributed by atoms with van der Waals surface area (Å²) < 4.78 is 11.5. The van der Waals surface area contributed by atoms with E-state index in [1.165, 1.54) is 0 Å². The zero-order valence-corrected chi connectivity index (χ0v) is 18.6. The van der Waals surface area contributed by atoms with Crippen molar-refractivity contribution in [2.24, 2.45) is 0 Å². The zero-order chi connectivity index (χ0) is 23.1. The quantitative estimate of drug-likeness (QED) is 0.603. The number of nitrogens with one attached hydrogen (secondary N) is 3. The molecule has 2 aromatic rings. The van der Waals surface area contributed by atoms with Gasteiger partial charge in [-0.1, -0.05) is 12.1 Å². The molecule has 0 aliphatic carbocycles. The van der Waals surface area contributed by atoms with Crippen molar-refractivity contribution in [3.63, 3.8) is 0 Å². The molecule has 33 heavy (non-hydrogen) atoms. The first-order valence-corrected chi connectivity index (χ1v) is 11.0. The maximum Gasteiger partial charge on any atom is 0.258 e. The van der Waals surface area contributed by atoms with Gasteiger partial charge in [-0.3, -0.25) is 10.1 Å². The van der Waals surface area contributed by atoms with Crippen LogP contribution in [0, 0.1) is 18.3 Å². The van der Waals surface area contributed by atoms with E-state index in [0.29, 0.717) is 30.2 Å². The number of para-hydroxylation sites is 2. The summed E-state index contributed by atoms with van der Waals surface area (Å²) in [4.78, 5) is 23.7. The maximum atomic E-state index is 12.9. The molecule has 3 aliphatic rings. The van der Waals surface area contributed by atoms with Crippen LogP contribution in [0.4, 0.5) is 17.3 Å². The van der Waals surface area contributed by atoms with Crippen LogP contribution in [-0.2, 0) is 14.3 Å². The number of aromatic nitrogens is 2. The molecule has 5 rings (SSSR count). The van der Waals surface area contributed by atoms with Crippen molar-refractivity contribution in [2.45, 2.75) is 45.3 Å². The number of aryl methyl sites for hydroxylation is 1. The lowest BCUT2D eigenvalue weighted by Crippen LogP contribution is -2.48. The van der Waals surface area contributed by atoms with Crippen LogP contribution in [0.3, 0.4) is 0 Å². The Balaban J connectivity index is 1.44. The third kappa shape index (κ3) is 3.70. The topological polar surface area (TPSA) is 124 Å². The number of benzene rings is 1. The largest absolute Gasteiger partial charge is 0.343 e. The van der Waals surface area contributed by atoms with Gasteiger partial charge >= 0.3 is 0 Å². The molecule has 4 heterocycles. The second kappa shape index (κ2) is 8.44. The van der Waals surface area contributed by atoms with Gasteiger partial charge in [-0.2, -0.15) is 5.26 Å². The van der Waals surface area contributed by atoms with Crippen molar-refractivity contribution in [1.29, 1.82) is 5.26 Å². The fourth-order valence-electron chi connectivity index (χ4n) is 4.34. The van der Waals surface area contributed by atoms with E-state index in [4.69, 9.17) is 9.47 Å². The Morgan fingerprint density at radius 3 is 2.94 bits per heavy atom. The number of fused-ring (bicyclic) bond motifs is 3. The molecular formula is C23H25N7O3. The molecule has 3 N–H and O–H groups in total. The smallest absolute Gasteiger partial charge is 0.258 e. The van der Waals surface area contributed by atoms with Crippen LogP contribution in [0.5, 0.6) is 0 Å². The molecule has 0 spiro atoms. The second-order valence-corrected chi connectivity index (χ2v) is 8.23. The summed E-state index contributed by atoms with van der Waals surface area (Å²) >= 11 is 0. The molecule has 0 unspecified atom stereocenters. The number of ether oxygens (including phenoxy) is 2. The second-order valence-electron chi connectivity index (χ2n) is 8.23. The normalized spacial score (nSPS) is 26.9. The van der Waals surface area contributed by atoms with Gasteiger partial charge in [0.15, 0.2) is 12.4 Å². The Labute approximate surface area is 191 Å². The minimum Gasteiger partial charge on any atom is -0.343 e. The standard InChI is InChI=1S/C23H25N7O3/c1-4-30-16-8-6-5-7-15(16)27-20(30)14(9-24)18-12(2)10-26-23(28-18)29-21(31)19-17-11-25-13(3)22(32-17)33-19/h5-8,10,13,17,19,22,25,27H,4,11H2,1-3H3,(H,26,28,29,31)/t13-,17+,19-,22+/m1/s1. The van der Waals surface area contributed by atoms with Gasteiger partial charge in [0.2, 0.25) is 5.95 Å². The van der Waals surface area contributed by atoms with Crippen molar-refractivity contribution < 1.29 is 14.3 Å². The molecule has 3 aliphatic heterocycles. The maximum absolute atomic E-state index is 12.9. The van der Waals surface area contributed by atoms with Crippen LogP contribution in [0.25, 0.3) is 5.57 Å². The fourth-order valence-corrected chi connectivity index (χ4v) is 4.34. The number of amides is 1. The highest BCUT2D eigenvalue weighted by Gasteiger charge is 2.46. The van der Waals surface area contributed by atoms with E-state index in [9.17, 15) is 10.1 Å². The van der Waals surface area contributed by atoms with Crippen molar-refractivity contribution in [1.82, 2.24) is 15.3 Å². The van der Waals surface area contributed by atoms with Crippen LogP contribution in [0.15, 0.2) is 36.3 Å².